The normalized spacial score (nSPS) is 15.8. The Morgan fingerprint density at radius 3 is 2.38 bits per heavy atom. The molecule has 0 aromatic heterocycles. The second-order valence-corrected chi connectivity index (χ2v) is 5.79. The Bertz CT molecular complexity index is 246. The molecule has 16 heavy (non-hydrogen) atoms. The molecule has 0 aliphatic carbocycles. The molecule has 1 atom stereocenters. The van der Waals surface area contributed by atoms with Gasteiger partial charge < -0.3 is 4.52 Å². The Morgan fingerprint density at radius 2 is 1.94 bits per heavy atom. The maximum absolute atomic E-state index is 12.0. The fraction of sp³-hybridized carbons (Fsp3) is 0.778. The van der Waals surface area contributed by atoms with Crippen molar-refractivity contribution in [2.45, 2.75) is 13.3 Å². The van der Waals surface area contributed by atoms with Gasteiger partial charge in [0.25, 0.3) is 0 Å². The second kappa shape index (κ2) is 9.46. The molecule has 0 bridgehead atoms. The number of nitrogens with two attached hydrogens (primary N) is 1. The maximum Gasteiger partial charge on any atom is 0.340 e. The summed E-state index contributed by atoms with van der Waals surface area (Å²) < 4.78 is 18.7. The van der Waals surface area contributed by atoms with Gasteiger partial charge in [-0.25, -0.2) is 10.2 Å². The lowest BCUT2D eigenvalue weighted by Crippen LogP contribution is -2.29. The third-order valence-corrected chi connectivity index (χ3v) is 3.96. The summed E-state index contributed by atoms with van der Waals surface area (Å²) in [5.41, 5.74) is 5.63. The Hall–Kier alpha value is 0.430. The zero-order chi connectivity index (χ0) is 12.4. The van der Waals surface area contributed by atoms with Gasteiger partial charge in [0.2, 0.25) is 0 Å². The molecule has 0 saturated carbocycles. The van der Waals surface area contributed by atoms with E-state index in [0.29, 0.717) is 37.9 Å². The predicted molar refractivity (Wildman–Crippen MR) is 70.2 cm³/mol. The van der Waals surface area contributed by atoms with Crippen LogP contribution in [0.4, 0.5) is 0 Å². The van der Waals surface area contributed by atoms with Crippen LogP contribution in [0.5, 0.6) is 0 Å². The monoisotopic (exact) mass is 288 g/mol. The van der Waals surface area contributed by atoms with Gasteiger partial charge in [-0.1, -0.05) is 12.2 Å². The van der Waals surface area contributed by atoms with E-state index in [1.165, 1.54) is 4.67 Å². The van der Waals surface area contributed by atoms with Crippen molar-refractivity contribution in [3.63, 3.8) is 0 Å². The van der Waals surface area contributed by atoms with Gasteiger partial charge in [-0.05, 0) is 13.3 Å². The average molecular weight is 289 g/mol. The van der Waals surface area contributed by atoms with Gasteiger partial charge in [-0.15, -0.1) is 23.2 Å². The number of rotatable bonds is 9. The minimum Gasteiger partial charge on any atom is -0.306 e. The van der Waals surface area contributed by atoms with Gasteiger partial charge in [0.15, 0.2) is 0 Å². The molecule has 7 heteroatoms. The number of hydrogen-bond acceptors (Lipinski definition) is 2. The molecule has 0 saturated heterocycles. The van der Waals surface area contributed by atoms with Crippen LogP contribution in [0.3, 0.4) is 0 Å². The highest BCUT2D eigenvalue weighted by Crippen LogP contribution is 2.42. The van der Waals surface area contributed by atoms with Crippen molar-refractivity contribution in [2.24, 2.45) is 5.50 Å². The lowest BCUT2D eigenvalue weighted by Gasteiger charge is -2.26. The fourth-order valence-electron chi connectivity index (χ4n) is 1.09. The zero-order valence-electron chi connectivity index (χ0n) is 9.44. The molecule has 0 radical (unpaired) electrons. The smallest absolute Gasteiger partial charge is 0.306 e. The van der Waals surface area contributed by atoms with Crippen molar-refractivity contribution in [3.05, 3.63) is 12.2 Å². The number of halogens is 2. The van der Waals surface area contributed by atoms with Crippen LogP contribution >= 0.6 is 30.9 Å². The lowest BCUT2D eigenvalue weighted by atomic mass is 10.4. The highest BCUT2D eigenvalue weighted by Gasteiger charge is 2.25. The molecule has 0 spiro atoms. The van der Waals surface area contributed by atoms with E-state index < -0.39 is 7.67 Å². The van der Waals surface area contributed by atoms with Crippen molar-refractivity contribution < 1.29 is 9.09 Å². The molecule has 4 nitrogen and oxygen atoms in total. The summed E-state index contributed by atoms with van der Waals surface area (Å²) in [5.74, 6) is 0.687. The van der Waals surface area contributed by atoms with E-state index in [1.807, 2.05) is 19.1 Å². The molecule has 0 aliphatic rings. The Morgan fingerprint density at radius 1 is 1.38 bits per heavy atom. The number of hydrogen-bond donors (Lipinski definition) is 1. The first-order valence-corrected chi connectivity index (χ1v) is 7.81. The van der Waals surface area contributed by atoms with E-state index in [9.17, 15) is 4.57 Å². The number of allylic oxidation sites excluding steroid dienone is 1. The van der Waals surface area contributed by atoms with E-state index in [4.69, 9.17) is 33.2 Å². The van der Waals surface area contributed by atoms with E-state index in [0.717, 1.165) is 0 Å². The van der Waals surface area contributed by atoms with Gasteiger partial charge in [0.05, 0.1) is 6.61 Å². The highest BCUT2D eigenvalue weighted by molar-refractivity contribution is 7.53. The molecule has 0 amide bonds. The quantitative estimate of drug-likeness (QED) is 0.307. The number of nitrogens with zero attached hydrogens (tertiary/aromatic N) is 1. The van der Waals surface area contributed by atoms with Crippen LogP contribution in [0.2, 0.25) is 0 Å². The molecule has 0 fully saturated rings. The van der Waals surface area contributed by atoms with E-state index in [2.05, 4.69) is 0 Å². The van der Waals surface area contributed by atoms with Crippen molar-refractivity contribution in [2.75, 3.05) is 31.5 Å². The molecule has 1 unspecified atom stereocenters. The Balaban J connectivity index is 4.17. The Kier molecular flexibility index (Phi) is 9.71. The molecule has 0 aromatic rings. The predicted octanol–water partition coefficient (Wildman–Crippen LogP) is 2.82. The van der Waals surface area contributed by atoms with Crippen molar-refractivity contribution in [1.29, 1.82) is 0 Å². The molecule has 0 aliphatic heterocycles. The summed E-state index contributed by atoms with van der Waals surface area (Å²) in [7, 11) is -3.25. The van der Waals surface area contributed by atoms with Crippen LogP contribution in [-0.4, -0.2) is 36.1 Å². The summed E-state index contributed by atoms with van der Waals surface area (Å²) in [6.07, 6.45) is 4.51. The fourth-order valence-corrected chi connectivity index (χ4v) is 3.02. The van der Waals surface area contributed by atoms with Crippen LogP contribution < -0.4 is 5.50 Å². The van der Waals surface area contributed by atoms with E-state index in [-0.39, 0.29) is 0 Å². The average Bonchev–Trinajstić information content (AvgIpc) is 2.24. The van der Waals surface area contributed by atoms with Crippen LogP contribution in [0.1, 0.15) is 13.3 Å². The minimum absolute atomic E-state index is 0.333. The first kappa shape index (κ1) is 16.4. The molecule has 0 heterocycles. The summed E-state index contributed by atoms with van der Waals surface area (Å²) in [5, 5.41) is 0. The van der Waals surface area contributed by atoms with Crippen LogP contribution in [-0.2, 0) is 9.09 Å². The first-order valence-electron chi connectivity index (χ1n) is 5.10. The molecular formula is C9H19Cl2N2O2P. The zero-order valence-corrected chi connectivity index (χ0v) is 11.8. The van der Waals surface area contributed by atoms with Gasteiger partial charge in [0, 0.05) is 24.8 Å². The maximum atomic E-state index is 12.0. The minimum atomic E-state index is -3.25. The molecule has 0 aromatic carbocycles. The highest BCUT2D eigenvalue weighted by atomic mass is 35.5. The lowest BCUT2D eigenvalue weighted by molar-refractivity contribution is 0.270. The molecule has 0 rings (SSSR count). The largest absolute Gasteiger partial charge is 0.340 e. The first-order chi connectivity index (χ1) is 7.58. The van der Waals surface area contributed by atoms with Gasteiger partial charge in [-0.3, -0.25) is 4.57 Å². The van der Waals surface area contributed by atoms with Crippen LogP contribution in [0.15, 0.2) is 12.2 Å². The van der Waals surface area contributed by atoms with E-state index >= 15 is 0 Å². The SMILES string of the molecule is C/C=C\CCOP(N)(=O)N(CCCl)CCCl. The Labute approximate surface area is 107 Å². The molecule has 2 N–H and O–H groups in total. The summed E-state index contributed by atoms with van der Waals surface area (Å²) in [6.45, 7) is 3.06. The summed E-state index contributed by atoms with van der Waals surface area (Å²) in [6, 6.07) is 0. The molecule has 96 valence electrons. The van der Waals surface area contributed by atoms with Crippen LogP contribution in [0, 0.1) is 0 Å². The van der Waals surface area contributed by atoms with E-state index in [1.54, 1.807) is 0 Å². The third kappa shape index (κ3) is 6.89. The standard InChI is InChI=1S/C9H19Cl2N2O2P/c1-2-3-4-9-15-16(12,14)13(7-5-10)8-6-11/h2-3H,4-9H2,1H3,(H2,12,14)/b3-2-. The van der Waals surface area contributed by atoms with Crippen molar-refractivity contribution >= 4 is 30.9 Å². The molecular weight excluding hydrogens is 270 g/mol. The summed E-state index contributed by atoms with van der Waals surface area (Å²) in [4.78, 5) is 0. The van der Waals surface area contributed by atoms with Gasteiger partial charge in [0.1, 0.15) is 0 Å². The topological polar surface area (TPSA) is 55.6 Å². The number of alkyl halides is 2. The van der Waals surface area contributed by atoms with Gasteiger partial charge >= 0.3 is 7.67 Å². The third-order valence-electron chi connectivity index (χ3n) is 1.88. The van der Waals surface area contributed by atoms with Crippen LogP contribution in [0.25, 0.3) is 0 Å². The second-order valence-electron chi connectivity index (χ2n) is 3.09. The van der Waals surface area contributed by atoms with Gasteiger partial charge in [-0.2, -0.15) is 0 Å². The van der Waals surface area contributed by atoms with Crippen molar-refractivity contribution in [1.82, 2.24) is 4.67 Å². The van der Waals surface area contributed by atoms with Crippen molar-refractivity contribution in [3.8, 4) is 0 Å². The summed E-state index contributed by atoms with van der Waals surface area (Å²) >= 11 is 11.2.